The lowest BCUT2D eigenvalue weighted by Gasteiger charge is -1.99. The highest BCUT2D eigenvalue weighted by molar-refractivity contribution is 5.13. The van der Waals surface area contributed by atoms with E-state index in [1.54, 1.807) is 6.08 Å². The molecule has 0 fully saturated rings. The zero-order valence-electron chi connectivity index (χ0n) is 7.04. The zero-order valence-corrected chi connectivity index (χ0v) is 7.04. The fourth-order valence-corrected chi connectivity index (χ4v) is 0.436. The molecule has 13 heavy (non-hydrogen) atoms. The van der Waals surface area contributed by atoms with Gasteiger partial charge in [0.1, 0.15) is 0 Å². The summed E-state index contributed by atoms with van der Waals surface area (Å²) in [7, 11) is 0. The van der Waals surface area contributed by atoms with E-state index < -0.39 is 0 Å². The van der Waals surface area contributed by atoms with Crippen LogP contribution in [0.1, 0.15) is 28.7 Å². The van der Waals surface area contributed by atoms with Crippen LogP contribution in [0.2, 0.25) is 0 Å². The topological polar surface area (TPSA) is 18.5 Å². The molecule has 2 heteroatoms. The van der Waals surface area contributed by atoms with E-state index in [4.69, 9.17) is 4.89 Å². The molecule has 0 aromatic rings. The molecule has 0 amide bonds. The monoisotopic (exact) mass is 186 g/mol. The van der Waals surface area contributed by atoms with E-state index in [0.717, 1.165) is 0 Å². The first kappa shape index (κ1) is 17.9. The van der Waals surface area contributed by atoms with E-state index >= 15 is 0 Å². The molecule has 0 aromatic carbocycles. The van der Waals surface area contributed by atoms with Crippen LogP contribution in [0.3, 0.4) is 0 Å². The second kappa shape index (κ2) is 13.6. The predicted molar refractivity (Wildman–Crippen MR) is 59.3 cm³/mol. The van der Waals surface area contributed by atoms with Crippen molar-refractivity contribution in [1.29, 1.82) is 0 Å². The van der Waals surface area contributed by atoms with E-state index in [2.05, 4.69) is 11.5 Å². The first-order valence-corrected chi connectivity index (χ1v) is 3.59. The molecular formula is C11H22O2. The third kappa shape index (κ3) is 13.9. The quantitative estimate of drug-likeness (QED) is 0.281. The predicted octanol–water partition coefficient (Wildman–Crippen LogP) is 3.87. The molecule has 0 aliphatic carbocycles. The van der Waals surface area contributed by atoms with Crippen molar-refractivity contribution in [2.24, 2.45) is 0 Å². The van der Waals surface area contributed by atoms with Gasteiger partial charge in [-0.3, -0.25) is 0 Å². The minimum atomic E-state index is 0. The van der Waals surface area contributed by atoms with Crippen molar-refractivity contribution in [2.75, 3.05) is 6.61 Å². The molecule has 0 radical (unpaired) electrons. The Kier molecular flexibility index (Phi) is 18.7. The van der Waals surface area contributed by atoms with Crippen LogP contribution < -0.4 is 0 Å². The van der Waals surface area contributed by atoms with Crippen molar-refractivity contribution in [3.63, 3.8) is 0 Å². The average molecular weight is 186 g/mol. The van der Waals surface area contributed by atoms with E-state index in [-0.39, 0.29) is 14.9 Å². The molecule has 0 N–H and O–H groups in total. The molecule has 0 saturated heterocycles. The van der Waals surface area contributed by atoms with E-state index in [0.29, 0.717) is 12.4 Å². The molecule has 0 rings (SSSR count). The third-order valence-electron chi connectivity index (χ3n) is 0.869. The highest BCUT2D eigenvalue weighted by Crippen LogP contribution is 1.96. The second-order valence-electron chi connectivity index (χ2n) is 1.84. The standard InChI is InChI=1S/C9H14O2.2CH4/c1-4-6-7-8-9(3)11-10-5-2;;/h4,6-8H,3,5H2,1-2H3;2*1H4. The van der Waals surface area contributed by atoms with Crippen molar-refractivity contribution in [3.05, 3.63) is 36.6 Å². The summed E-state index contributed by atoms with van der Waals surface area (Å²) in [6.45, 7) is 7.91. The fourth-order valence-electron chi connectivity index (χ4n) is 0.436. The molecule has 0 unspecified atom stereocenters. The summed E-state index contributed by atoms with van der Waals surface area (Å²) in [5.74, 6) is 0.505. The van der Waals surface area contributed by atoms with Crippen LogP contribution in [0.4, 0.5) is 0 Å². The summed E-state index contributed by atoms with van der Waals surface area (Å²) in [6.07, 6.45) is 7.38. The number of hydrogen-bond acceptors (Lipinski definition) is 2. The van der Waals surface area contributed by atoms with Crippen LogP contribution >= 0.6 is 0 Å². The largest absolute Gasteiger partial charge is 0.338 e. The maximum absolute atomic E-state index is 4.72. The molecule has 0 heterocycles. The van der Waals surface area contributed by atoms with Gasteiger partial charge in [0.05, 0.1) is 6.61 Å². The van der Waals surface area contributed by atoms with Crippen molar-refractivity contribution in [1.82, 2.24) is 0 Å². The lowest BCUT2D eigenvalue weighted by Crippen LogP contribution is -1.89. The van der Waals surface area contributed by atoms with Gasteiger partial charge in [-0.25, -0.2) is 0 Å². The van der Waals surface area contributed by atoms with Gasteiger partial charge in [0, 0.05) is 0 Å². The van der Waals surface area contributed by atoms with Gasteiger partial charge in [-0.15, -0.1) is 0 Å². The van der Waals surface area contributed by atoms with Crippen molar-refractivity contribution in [2.45, 2.75) is 28.7 Å². The highest BCUT2D eigenvalue weighted by Gasteiger charge is 1.85. The fraction of sp³-hybridized carbons (Fsp3) is 0.455. The smallest absolute Gasteiger partial charge is 0.158 e. The van der Waals surface area contributed by atoms with Gasteiger partial charge in [0.25, 0.3) is 0 Å². The van der Waals surface area contributed by atoms with Gasteiger partial charge in [-0.1, -0.05) is 39.7 Å². The summed E-state index contributed by atoms with van der Waals surface area (Å²) in [5.41, 5.74) is 0. The molecule has 0 aliphatic heterocycles. The van der Waals surface area contributed by atoms with Crippen molar-refractivity contribution < 1.29 is 9.78 Å². The minimum Gasteiger partial charge on any atom is -0.338 e. The van der Waals surface area contributed by atoms with Crippen LogP contribution in [0.15, 0.2) is 36.6 Å². The lowest BCUT2D eigenvalue weighted by molar-refractivity contribution is -0.253. The number of rotatable bonds is 5. The Morgan fingerprint density at radius 1 is 1.31 bits per heavy atom. The van der Waals surface area contributed by atoms with Gasteiger partial charge in [-0.2, -0.15) is 4.89 Å². The Morgan fingerprint density at radius 3 is 2.38 bits per heavy atom. The maximum atomic E-state index is 4.72. The van der Waals surface area contributed by atoms with Gasteiger partial charge in [0.2, 0.25) is 0 Å². The van der Waals surface area contributed by atoms with E-state index in [9.17, 15) is 0 Å². The molecule has 78 valence electrons. The Balaban J connectivity index is -0.000000500. The van der Waals surface area contributed by atoms with Gasteiger partial charge >= 0.3 is 0 Å². The van der Waals surface area contributed by atoms with Crippen LogP contribution in [-0.2, 0) is 9.78 Å². The first-order chi connectivity index (χ1) is 5.31. The van der Waals surface area contributed by atoms with Crippen LogP contribution in [0.25, 0.3) is 0 Å². The Hall–Kier alpha value is -1.02. The SMILES string of the molecule is C.C.C=C(C=CC=CC)OOCC. The average Bonchev–Trinajstić information content (AvgIpc) is 2.01. The Labute approximate surface area is 82.5 Å². The molecular weight excluding hydrogens is 164 g/mol. The third-order valence-corrected chi connectivity index (χ3v) is 0.869. The molecule has 0 aliphatic rings. The molecule has 0 bridgehead atoms. The summed E-state index contributed by atoms with van der Waals surface area (Å²) in [4.78, 5) is 9.37. The number of hydrogen-bond donors (Lipinski definition) is 0. The van der Waals surface area contributed by atoms with Crippen molar-refractivity contribution in [3.8, 4) is 0 Å². The highest BCUT2D eigenvalue weighted by atomic mass is 17.2. The van der Waals surface area contributed by atoms with Crippen LogP contribution in [0.5, 0.6) is 0 Å². The molecule has 0 aromatic heterocycles. The number of allylic oxidation sites excluding steroid dienone is 4. The van der Waals surface area contributed by atoms with Gasteiger partial charge in [-0.05, 0) is 19.9 Å². The van der Waals surface area contributed by atoms with Gasteiger partial charge in [0.15, 0.2) is 5.76 Å². The lowest BCUT2D eigenvalue weighted by atomic mass is 10.4. The van der Waals surface area contributed by atoms with Crippen molar-refractivity contribution >= 4 is 0 Å². The Bertz CT molecular complexity index is 157. The van der Waals surface area contributed by atoms with E-state index in [1.165, 1.54) is 0 Å². The van der Waals surface area contributed by atoms with Crippen LogP contribution in [0, 0.1) is 0 Å². The minimum absolute atomic E-state index is 0. The summed E-state index contributed by atoms with van der Waals surface area (Å²) in [5, 5.41) is 0. The molecule has 0 spiro atoms. The van der Waals surface area contributed by atoms with Gasteiger partial charge < -0.3 is 4.89 Å². The first-order valence-electron chi connectivity index (χ1n) is 3.59. The maximum Gasteiger partial charge on any atom is 0.158 e. The Morgan fingerprint density at radius 2 is 1.92 bits per heavy atom. The second-order valence-corrected chi connectivity index (χ2v) is 1.84. The van der Waals surface area contributed by atoms with Crippen LogP contribution in [-0.4, -0.2) is 6.61 Å². The molecule has 0 atom stereocenters. The summed E-state index contributed by atoms with van der Waals surface area (Å²) in [6, 6.07) is 0. The molecule has 0 saturated carbocycles. The summed E-state index contributed by atoms with van der Waals surface area (Å²) >= 11 is 0. The van der Waals surface area contributed by atoms with E-state index in [1.807, 2.05) is 32.1 Å². The summed E-state index contributed by atoms with van der Waals surface area (Å²) < 4.78 is 0. The molecule has 2 nitrogen and oxygen atoms in total. The normalized spacial score (nSPS) is 9.38. The zero-order chi connectivity index (χ0) is 8.53.